The number of aliphatic hydroxyl groups excluding tert-OH is 1. The van der Waals surface area contributed by atoms with Crippen molar-refractivity contribution in [1.29, 1.82) is 0 Å². The molecule has 3 rings (SSSR count). The maximum absolute atomic E-state index is 13.2. The highest BCUT2D eigenvalue weighted by Gasteiger charge is 2.31. The molecule has 3 aromatic rings. The van der Waals surface area contributed by atoms with Crippen LogP contribution in [0.5, 0.6) is 0 Å². The van der Waals surface area contributed by atoms with Gasteiger partial charge in [0.15, 0.2) is 11.2 Å². The summed E-state index contributed by atoms with van der Waals surface area (Å²) in [4.78, 5) is 30.3. The van der Waals surface area contributed by atoms with Gasteiger partial charge in [0.1, 0.15) is 5.82 Å². The lowest BCUT2D eigenvalue weighted by Gasteiger charge is -2.13. The van der Waals surface area contributed by atoms with E-state index in [1.54, 1.807) is 4.57 Å². The number of rotatable bonds is 7. The molecule has 0 unspecified atom stereocenters. The summed E-state index contributed by atoms with van der Waals surface area (Å²) in [7, 11) is 1.47. The van der Waals surface area contributed by atoms with Gasteiger partial charge in [0, 0.05) is 32.3 Å². The molecule has 7 nitrogen and oxygen atoms in total. The predicted molar refractivity (Wildman–Crippen MR) is 111 cm³/mol. The average Bonchev–Trinajstić information content (AvgIpc) is 3.10. The average molecular weight is 438 g/mol. The van der Waals surface area contributed by atoms with E-state index in [1.807, 2.05) is 13.8 Å². The third kappa shape index (κ3) is 4.43. The van der Waals surface area contributed by atoms with Gasteiger partial charge < -0.3 is 9.67 Å². The molecule has 0 fully saturated rings. The minimum Gasteiger partial charge on any atom is -0.396 e. The van der Waals surface area contributed by atoms with Crippen LogP contribution in [0.4, 0.5) is 13.2 Å². The molecule has 0 spiro atoms. The van der Waals surface area contributed by atoms with E-state index < -0.39 is 23.0 Å². The molecule has 0 aliphatic heterocycles. The molecule has 0 atom stereocenters. The van der Waals surface area contributed by atoms with Gasteiger partial charge in [-0.25, -0.2) is 9.78 Å². The van der Waals surface area contributed by atoms with Crippen molar-refractivity contribution >= 4 is 11.2 Å². The number of aromatic nitrogens is 4. The van der Waals surface area contributed by atoms with Crippen molar-refractivity contribution in [2.24, 2.45) is 13.0 Å². The van der Waals surface area contributed by atoms with Crippen LogP contribution in [0.2, 0.25) is 0 Å². The van der Waals surface area contributed by atoms with E-state index in [9.17, 15) is 22.8 Å². The highest BCUT2D eigenvalue weighted by atomic mass is 19.4. The first-order chi connectivity index (χ1) is 14.6. The van der Waals surface area contributed by atoms with Gasteiger partial charge in [0.2, 0.25) is 0 Å². The Morgan fingerprint density at radius 2 is 1.84 bits per heavy atom. The summed E-state index contributed by atoms with van der Waals surface area (Å²) in [5, 5.41) is 9.10. The molecule has 31 heavy (non-hydrogen) atoms. The van der Waals surface area contributed by atoms with E-state index >= 15 is 0 Å². The Kier molecular flexibility index (Phi) is 6.40. The number of hydrogen-bond acceptors (Lipinski definition) is 4. The quantitative estimate of drug-likeness (QED) is 0.615. The van der Waals surface area contributed by atoms with Gasteiger partial charge in [-0.1, -0.05) is 26.0 Å². The standard InChI is InChI=1S/C21H25F3N4O3/c1-13(2)8-10-27-16-18(26(3)20(31)28(19(16)30)9-5-11-29)25-17(27)14-6-4-7-15(12-14)21(22,23)24/h4,6-7,12-13,29H,5,8-11H2,1-3H3. The molecule has 1 aromatic carbocycles. The van der Waals surface area contributed by atoms with Crippen LogP contribution in [0.1, 0.15) is 32.3 Å². The molecule has 1 N–H and O–H groups in total. The summed E-state index contributed by atoms with van der Waals surface area (Å²) >= 11 is 0. The van der Waals surface area contributed by atoms with Gasteiger partial charge in [-0.3, -0.25) is 13.9 Å². The minimum atomic E-state index is -4.52. The second-order valence-corrected chi connectivity index (χ2v) is 7.90. The van der Waals surface area contributed by atoms with Crippen molar-refractivity contribution in [2.75, 3.05) is 6.61 Å². The highest BCUT2D eigenvalue weighted by molar-refractivity contribution is 5.77. The highest BCUT2D eigenvalue weighted by Crippen LogP contribution is 2.32. The summed E-state index contributed by atoms with van der Waals surface area (Å²) in [5.74, 6) is 0.477. The predicted octanol–water partition coefficient (Wildman–Crippen LogP) is 3.01. The number of halogens is 3. The van der Waals surface area contributed by atoms with Crippen molar-refractivity contribution in [3.8, 4) is 11.4 Å². The number of alkyl halides is 3. The Labute approximate surface area is 176 Å². The number of aliphatic hydroxyl groups is 1. The first kappa shape index (κ1) is 22.8. The van der Waals surface area contributed by atoms with Crippen molar-refractivity contribution in [2.45, 2.75) is 46.0 Å². The Hall–Kier alpha value is -2.88. The molecule has 168 valence electrons. The zero-order valence-corrected chi connectivity index (χ0v) is 17.6. The van der Waals surface area contributed by atoms with E-state index in [-0.39, 0.29) is 48.0 Å². The molecule has 10 heteroatoms. The van der Waals surface area contributed by atoms with E-state index in [0.717, 1.165) is 16.7 Å². The second-order valence-electron chi connectivity index (χ2n) is 7.90. The largest absolute Gasteiger partial charge is 0.416 e. The van der Waals surface area contributed by atoms with Crippen LogP contribution in [0.25, 0.3) is 22.6 Å². The van der Waals surface area contributed by atoms with E-state index in [1.165, 1.54) is 23.7 Å². The third-order valence-electron chi connectivity index (χ3n) is 5.15. The fourth-order valence-electron chi connectivity index (χ4n) is 3.46. The van der Waals surface area contributed by atoms with Crippen molar-refractivity contribution < 1.29 is 18.3 Å². The Morgan fingerprint density at radius 3 is 2.45 bits per heavy atom. The van der Waals surface area contributed by atoms with Crippen LogP contribution in [0, 0.1) is 5.92 Å². The van der Waals surface area contributed by atoms with Crippen LogP contribution in [0.15, 0.2) is 33.9 Å². The summed E-state index contributed by atoms with van der Waals surface area (Å²) in [6, 6.07) is 4.77. The summed E-state index contributed by atoms with van der Waals surface area (Å²) in [5.41, 5.74) is -1.49. The Bertz CT molecular complexity index is 1210. The topological polar surface area (TPSA) is 82.1 Å². The first-order valence-corrected chi connectivity index (χ1v) is 10.0. The fourth-order valence-corrected chi connectivity index (χ4v) is 3.46. The Morgan fingerprint density at radius 1 is 1.13 bits per heavy atom. The van der Waals surface area contributed by atoms with E-state index in [2.05, 4.69) is 4.98 Å². The maximum atomic E-state index is 13.2. The molecule has 0 radical (unpaired) electrons. The number of fused-ring (bicyclic) bond motifs is 1. The van der Waals surface area contributed by atoms with Crippen LogP contribution in [-0.2, 0) is 26.3 Å². The smallest absolute Gasteiger partial charge is 0.396 e. The summed E-state index contributed by atoms with van der Waals surface area (Å²) in [6.45, 7) is 4.20. The van der Waals surface area contributed by atoms with Gasteiger partial charge in [0.25, 0.3) is 5.56 Å². The van der Waals surface area contributed by atoms with Gasteiger partial charge in [-0.05, 0) is 30.9 Å². The van der Waals surface area contributed by atoms with Crippen LogP contribution < -0.4 is 11.2 Å². The molecule has 0 amide bonds. The van der Waals surface area contributed by atoms with Crippen LogP contribution in [-0.4, -0.2) is 30.4 Å². The van der Waals surface area contributed by atoms with Gasteiger partial charge >= 0.3 is 11.9 Å². The summed E-state index contributed by atoms with van der Waals surface area (Å²) in [6.07, 6.45) is -3.63. The third-order valence-corrected chi connectivity index (χ3v) is 5.15. The number of benzene rings is 1. The monoisotopic (exact) mass is 438 g/mol. The zero-order chi connectivity index (χ0) is 22.9. The van der Waals surface area contributed by atoms with Crippen LogP contribution >= 0.6 is 0 Å². The van der Waals surface area contributed by atoms with Crippen molar-refractivity contribution in [3.63, 3.8) is 0 Å². The normalized spacial score (nSPS) is 12.3. The van der Waals surface area contributed by atoms with Gasteiger partial charge in [0.05, 0.1) is 5.56 Å². The van der Waals surface area contributed by atoms with Crippen molar-refractivity contribution in [3.05, 3.63) is 50.7 Å². The first-order valence-electron chi connectivity index (χ1n) is 10.0. The molecule has 0 saturated heterocycles. The second kappa shape index (κ2) is 8.70. The van der Waals surface area contributed by atoms with E-state index in [0.29, 0.717) is 13.0 Å². The lowest BCUT2D eigenvalue weighted by Crippen LogP contribution is -2.39. The molecule has 0 bridgehead atoms. The van der Waals surface area contributed by atoms with E-state index in [4.69, 9.17) is 5.11 Å². The SMILES string of the molecule is CC(C)CCn1c(-c2cccc(C(F)(F)F)c2)nc2c1c(=O)n(CCCO)c(=O)n2C. The van der Waals surface area contributed by atoms with Gasteiger partial charge in [-0.2, -0.15) is 13.2 Å². The zero-order valence-electron chi connectivity index (χ0n) is 17.6. The number of aryl methyl sites for hydroxylation is 2. The van der Waals surface area contributed by atoms with Crippen LogP contribution in [0.3, 0.4) is 0 Å². The maximum Gasteiger partial charge on any atom is 0.416 e. The minimum absolute atomic E-state index is 0.0339. The van der Waals surface area contributed by atoms with Gasteiger partial charge in [-0.15, -0.1) is 0 Å². The lowest BCUT2D eigenvalue weighted by molar-refractivity contribution is -0.137. The lowest BCUT2D eigenvalue weighted by atomic mass is 10.1. The molecule has 2 heterocycles. The van der Waals surface area contributed by atoms with Crippen molar-refractivity contribution in [1.82, 2.24) is 18.7 Å². The molecule has 0 saturated carbocycles. The summed E-state index contributed by atoms with van der Waals surface area (Å²) < 4.78 is 43.6. The Balaban J connectivity index is 2.33. The molecular weight excluding hydrogens is 413 g/mol. The number of imidazole rings is 1. The molecule has 0 aliphatic carbocycles. The molecular formula is C21H25F3N4O3. The number of hydrogen-bond donors (Lipinski definition) is 1. The molecule has 0 aliphatic rings. The fraction of sp³-hybridized carbons (Fsp3) is 0.476. The molecule has 2 aromatic heterocycles. The number of nitrogens with zero attached hydrogens (tertiary/aromatic N) is 4.